The summed E-state index contributed by atoms with van der Waals surface area (Å²) < 4.78 is 2.12. The van der Waals surface area contributed by atoms with Gasteiger partial charge >= 0.3 is 0 Å². The standard InChI is InChI=1S/C21H27N3O/c1-15-13-23(2)21(22-15)19-7-4-10-24(14-19)20(25)12-16-8-9-17-5-3-6-18(17)11-16/h8-9,11,13,19H,3-7,10,12,14H2,1-2H3/t19-/m0/s1. The number of aromatic nitrogens is 2. The molecule has 0 N–H and O–H groups in total. The van der Waals surface area contributed by atoms with Crippen LogP contribution >= 0.6 is 0 Å². The monoisotopic (exact) mass is 337 g/mol. The SMILES string of the molecule is Cc1cn(C)c([C@H]2CCCN(C(=O)Cc3ccc4c(c3)CCC4)C2)n1. The lowest BCUT2D eigenvalue weighted by Crippen LogP contribution is -2.40. The first kappa shape index (κ1) is 16.4. The van der Waals surface area contributed by atoms with Gasteiger partial charge in [0.2, 0.25) is 5.91 Å². The molecule has 1 saturated heterocycles. The number of amides is 1. The summed E-state index contributed by atoms with van der Waals surface area (Å²) in [5.74, 6) is 1.73. The van der Waals surface area contributed by atoms with Crippen LogP contribution in [0.1, 0.15) is 53.4 Å². The predicted octanol–water partition coefficient (Wildman–Crippen LogP) is 3.17. The van der Waals surface area contributed by atoms with Crippen molar-refractivity contribution < 1.29 is 4.79 Å². The average molecular weight is 337 g/mol. The van der Waals surface area contributed by atoms with Gasteiger partial charge < -0.3 is 9.47 Å². The van der Waals surface area contributed by atoms with Crippen molar-refractivity contribution in [3.8, 4) is 0 Å². The molecule has 2 aromatic rings. The Morgan fingerprint density at radius 1 is 1.24 bits per heavy atom. The lowest BCUT2D eigenvalue weighted by molar-refractivity contribution is -0.131. The number of carbonyl (C=O) groups is 1. The van der Waals surface area contributed by atoms with E-state index < -0.39 is 0 Å². The highest BCUT2D eigenvalue weighted by Crippen LogP contribution is 2.27. The van der Waals surface area contributed by atoms with Crippen LogP contribution in [-0.4, -0.2) is 33.4 Å². The van der Waals surface area contributed by atoms with Crippen molar-refractivity contribution in [1.82, 2.24) is 14.5 Å². The van der Waals surface area contributed by atoms with Crippen LogP contribution in [0, 0.1) is 6.92 Å². The van der Waals surface area contributed by atoms with Crippen molar-refractivity contribution in [3.63, 3.8) is 0 Å². The Morgan fingerprint density at radius 2 is 2.08 bits per heavy atom. The second kappa shape index (κ2) is 6.66. The van der Waals surface area contributed by atoms with E-state index in [0.29, 0.717) is 12.3 Å². The fourth-order valence-electron chi connectivity index (χ4n) is 4.45. The molecule has 1 aromatic heterocycles. The van der Waals surface area contributed by atoms with Crippen molar-refractivity contribution in [2.24, 2.45) is 7.05 Å². The molecule has 1 aliphatic carbocycles. The maximum atomic E-state index is 12.8. The van der Waals surface area contributed by atoms with Crippen molar-refractivity contribution in [1.29, 1.82) is 0 Å². The topological polar surface area (TPSA) is 38.1 Å². The van der Waals surface area contributed by atoms with Crippen LogP contribution < -0.4 is 0 Å². The van der Waals surface area contributed by atoms with Crippen LogP contribution in [0.2, 0.25) is 0 Å². The largest absolute Gasteiger partial charge is 0.342 e. The highest BCUT2D eigenvalue weighted by atomic mass is 16.2. The van der Waals surface area contributed by atoms with E-state index in [4.69, 9.17) is 0 Å². The molecular formula is C21H27N3O. The molecule has 1 atom stereocenters. The molecule has 2 heterocycles. The summed E-state index contributed by atoms with van der Waals surface area (Å²) in [5.41, 5.74) is 5.14. The Kier molecular flexibility index (Phi) is 4.36. The number of hydrogen-bond donors (Lipinski definition) is 0. The number of benzene rings is 1. The molecule has 4 rings (SSSR count). The summed E-state index contributed by atoms with van der Waals surface area (Å²) in [6.45, 7) is 3.71. The molecule has 4 nitrogen and oxygen atoms in total. The number of rotatable bonds is 3. The van der Waals surface area contributed by atoms with E-state index in [0.717, 1.165) is 37.4 Å². The normalized spacial score (nSPS) is 19.9. The van der Waals surface area contributed by atoms with Gasteiger partial charge in [-0.1, -0.05) is 18.2 Å². The zero-order chi connectivity index (χ0) is 17.4. The Labute approximate surface area is 149 Å². The van der Waals surface area contributed by atoms with E-state index in [-0.39, 0.29) is 5.91 Å². The van der Waals surface area contributed by atoms with Gasteiger partial charge in [-0.2, -0.15) is 0 Å². The quantitative estimate of drug-likeness (QED) is 0.863. The Balaban J connectivity index is 1.44. The van der Waals surface area contributed by atoms with Crippen LogP contribution in [0.5, 0.6) is 0 Å². The molecule has 1 aromatic carbocycles. The molecule has 0 unspecified atom stereocenters. The molecule has 0 spiro atoms. The highest BCUT2D eigenvalue weighted by Gasteiger charge is 2.27. The van der Waals surface area contributed by atoms with Crippen LogP contribution in [0.3, 0.4) is 0 Å². The molecule has 2 aliphatic rings. The van der Waals surface area contributed by atoms with E-state index in [1.54, 1.807) is 0 Å². The minimum atomic E-state index is 0.258. The van der Waals surface area contributed by atoms with Crippen molar-refractivity contribution in [2.45, 2.75) is 51.4 Å². The molecule has 1 aliphatic heterocycles. The molecular weight excluding hydrogens is 310 g/mol. The van der Waals surface area contributed by atoms with Crippen LogP contribution in [0.15, 0.2) is 24.4 Å². The van der Waals surface area contributed by atoms with E-state index in [2.05, 4.69) is 41.0 Å². The third-order valence-corrected chi connectivity index (χ3v) is 5.69. The van der Waals surface area contributed by atoms with Gasteiger partial charge in [-0.05, 0) is 55.7 Å². The van der Waals surface area contributed by atoms with E-state index >= 15 is 0 Å². The van der Waals surface area contributed by atoms with Gasteiger partial charge in [-0.25, -0.2) is 4.98 Å². The number of likely N-dealkylation sites (tertiary alicyclic amines) is 1. The number of nitrogens with zero attached hydrogens (tertiary/aromatic N) is 3. The van der Waals surface area contributed by atoms with Crippen molar-refractivity contribution in [3.05, 3.63) is 52.6 Å². The lowest BCUT2D eigenvalue weighted by atomic mass is 9.96. The number of hydrogen-bond acceptors (Lipinski definition) is 2. The minimum absolute atomic E-state index is 0.258. The predicted molar refractivity (Wildman–Crippen MR) is 98.7 cm³/mol. The van der Waals surface area contributed by atoms with E-state index in [1.165, 1.54) is 36.0 Å². The second-order valence-electron chi connectivity index (χ2n) is 7.66. The molecule has 25 heavy (non-hydrogen) atoms. The summed E-state index contributed by atoms with van der Waals surface area (Å²) in [7, 11) is 2.06. The van der Waals surface area contributed by atoms with Crippen molar-refractivity contribution in [2.75, 3.05) is 13.1 Å². The van der Waals surface area contributed by atoms with Crippen LogP contribution in [0.25, 0.3) is 0 Å². The number of fused-ring (bicyclic) bond motifs is 1. The molecule has 132 valence electrons. The first-order valence-electron chi connectivity index (χ1n) is 9.48. The zero-order valence-corrected chi connectivity index (χ0v) is 15.3. The van der Waals surface area contributed by atoms with E-state index in [1.807, 2.05) is 11.8 Å². The molecule has 0 saturated carbocycles. The first-order chi connectivity index (χ1) is 12.1. The van der Waals surface area contributed by atoms with Gasteiger partial charge in [0, 0.05) is 32.3 Å². The molecule has 4 heteroatoms. The van der Waals surface area contributed by atoms with Gasteiger partial charge in [0.05, 0.1) is 12.1 Å². The Morgan fingerprint density at radius 3 is 2.88 bits per heavy atom. The summed E-state index contributed by atoms with van der Waals surface area (Å²) in [5, 5.41) is 0. The maximum absolute atomic E-state index is 12.8. The highest BCUT2D eigenvalue weighted by molar-refractivity contribution is 5.79. The third-order valence-electron chi connectivity index (χ3n) is 5.69. The molecule has 1 fully saturated rings. The summed E-state index contributed by atoms with van der Waals surface area (Å²) >= 11 is 0. The first-order valence-corrected chi connectivity index (χ1v) is 9.48. The smallest absolute Gasteiger partial charge is 0.227 e. The van der Waals surface area contributed by atoms with Gasteiger partial charge in [-0.3, -0.25) is 4.79 Å². The van der Waals surface area contributed by atoms with Gasteiger partial charge in [-0.15, -0.1) is 0 Å². The zero-order valence-electron chi connectivity index (χ0n) is 15.3. The summed E-state index contributed by atoms with van der Waals surface area (Å²) in [6, 6.07) is 6.62. The summed E-state index contributed by atoms with van der Waals surface area (Å²) in [6.07, 6.45) is 8.39. The van der Waals surface area contributed by atoms with Crippen LogP contribution in [-0.2, 0) is 31.1 Å². The number of imidazole rings is 1. The van der Waals surface area contributed by atoms with Gasteiger partial charge in [0.25, 0.3) is 0 Å². The number of piperidine rings is 1. The molecule has 0 radical (unpaired) electrons. The summed E-state index contributed by atoms with van der Waals surface area (Å²) in [4.78, 5) is 19.6. The van der Waals surface area contributed by atoms with Gasteiger partial charge in [0.15, 0.2) is 0 Å². The number of aryl methyl sites for hydroxylation is 4. The van der Waals surface area contributed by atoms with Gasteiger partial charge in [0.1, 0.15) is 5.82 Å². The number of carbonyl (C=O) groups excluding carboxylic acids is 1. The van der Waals surface area contributed by atoms with Crippen molar-refractivity contribution >= 4 is 5.91 Å². The minimum Gasteiger partial charge on any atom is -0.342 e. The van der Waals surface area contributed by atoms with Crippen LogP contribution in [0.4, 0.5) is 0 Å². The second-order valence-corrected chi connectivity index (χ2v) is 7.66. The maximum Gasteiger partial charge on any atom is 0.227 e. The fourth-order valence-corrected chi connectivity index (χ4v) is 4.45. The third kappa shape index (κ3) is 3.35. The molecule has 0 bridgehead atoms. The lowest BCUT2D eigenvalue weighted by Gasteiger charge is -2.32. The Bertz CT molecular complexity index is 792. The van der Waals surface area contributed by atoms with E-state index in [9.17, 15) is 4.79 Å². The Hall–Kier alpha value is -2.10. The fraction of sp³-hybridized carbons (Fsp3) is 0.524. The molecule has 1 amide bonds. The average Bonchev–Trinajstić information content (AvgIpc) is 3.20.